The molecule has 7 heteroatoms. The molecular weight excluding hydrogens is 262 g/mol. The molecule has 0 unspecified atom stereocenters. The van der Waals surface area contributed by atoms with Crippen LogP contribution in [0.15, 0.2) is 18.2 Å². The Labute approximate surface area is 98.4 Å². The van der Waals surface area contributed by atoms with Crippen LogP contribution < -0.4 is 0 Å². The van der Waals surface area contributed by atoms with Crippen LogP contribution in [0, 0.1) is 6.92 Å². The number of aryl methyl sites for hydroxylation is 1. The molecule has 0 fully saturated rings. The van der Waals surface area contributed by atoms with Crippen molar-refractivity contribution < 1.29 is 31.1 Å². The molecule has 1 aromatic rings. The number of ether oxygens (including phenoxy) is 1. The molecule has 0 spiro atoms. The number of halogens is 6. The number of rotatable bonds is 0. The Hall–Kier alpha value is -1.24. The topological polar surface area (TPSA) is 9.23 Å². The lowest BCUT2D eigenvalue weighted by Gasteiger charge is -2.33. The van der Waals surface area contributed by atoms with Crippen LogP contribution in [0.2, 0.25) is 0 Å². The second-order valence-electron chi connectivity index (χ2n) is 4.13. The lowest BCUT2D eigenvalue weighted by molar-refractivity contribution is -0.385. The van der Waals surface area contributed by atoms with E-state index in [1.807, 2.05) is 0 Å². The summed E-state index contributed by atoms with van der Waals surface area (Å²) in [6.45, 7) is 0.727. The molecule has 18 heavy (non-hydrogen) atoms. The lowest BCUT2D eigenvalue weighted by Crippen LogP contribution is -2.53. The maximum atomic E-state index is 12.9. The summed E-state index contributed by atoms with van der Waals surface area (Å²) >= 11 is 0. The van der Waals surface area contributed by atoms with Gasteiger partial charge in [-0.3, -0.25) is 0 Å². The molecule has 0 amide bonds. The van der Waals surface area contributed by atoms with Crippen LogP contribution in [-0.4, -0.2) is 12.4 Å². The zero-order valence-corrected chi connectivity index (χ0v) is 9.12. The number of fused-ring (bicyclic) bond motifs is 1. The molecule has 0 aliphatic carbocycles. The van der Waals surface area contributed by atoms with Crippen molar-refractivity contribution in [2.24, 2.45) is 0 Å². The van der Waals surface area contributed by atoms with Gasteiger partial charge in [0.25, 0.3) is 5.60 Å². The van der Waals surface area contributed by atoms with Crippen molar-refractivity contribution in [3.63, 3.8) is 0 Å². The van der Waals surface area contributed by atoms with Crippen molar-refractivity contribution in [2.75, 3.05) is 0 Å². The third kappa shape index (κ3) is 1.60. The zero-order chi connectivity index (χ0) is 13.8. The third-order valence-electron chi connectivity index (χ3n) is 2.89. The quantitative estimate of drug-likeness (QED) is 0.651. The predicted molar refractivity (Wildman–Crippen MR) is 49.8 cm³/mol. The number of alkyl halides is 6. The molecular formula is C11H8F6O. The molecule has 2 rings (SSSR count). The van der Waals surface area contributed by atoms with E-state index >= 15 is 0 Å². The normalized spacial score (nSPS) is 18.8. The van der Waals surface area contributed by atoms with Gasteiger partial charge in [-0.15, -0.1) is 0 Å². The first-order chi connectivity index (χ1) is 8.09. The van der Waals surface area contributed by atoms with Gasteiger partial charge in [0.1, 0.15) is 0 Å². The zero-order valence-electron chi connectivity index (χ0n) is 9.12. The molecule has 1 nitrogen and oxygen atoms in total. The highest BCUT2D eigenvalue weighted by Gasteiger charge is 2.75. The molecule has 0 N–H and O–H groups in total. The van der Waals surface area contributed by atoms with Crippen molar-refractivity contribution >= 4 is 0 Å². The van der Waals surface area contributed by atoms with E-state index < -0.39 is 30.1 Å². The average molecular weight is 270 g/mol. The van der Waals surface area contributed by atoms with Crippen LogP contribution >= 0.6 is 0 Å². The van der Waals surface area contributed by atoms with Crippen molar-refractivity contribution in [2.45, 2.75) is 31.5 Å². The van der Waals surface area contributed by atoms with Crippen molar-refractivity contribution in [1.29, 1.82) is 0 Å². The molecule has 0 radical (unpaired) electrons. The summed E-state index contributed by atoms with van der Waals surface area (Å²) in [7, 11) is 0. The first kappa shape index (κ1) is 13.2. The first-order valence-corrected chi connectivity index (χ1v) is 4.97. The first-order valence-electron chi connectivity index (χ1n) is 4.97. The summed E-state index contributed by atoms with van der Waals surface area (Å²) in [5.74, 6) is 0. The van der Waals surface area contributed by atoms with Crippen LogP contribution in [0.25, 0.3) is 0 Å². The highest BCUT2D eigenvalue weighted by atomic mass is 19.4. The Morgan fingerprint density at radius 3 is 2.11 bits per heavy atom. The van der Waals surface area contributed by atoms with E-state index in [2.05, 4.69) is 4.74 Å². The molecule has 0 bridgehead atoms. The number of hydrogen-bond acceptors (Lipinski definition) is 1. The molecule has 0 saturated heterocycles. The standard InChI is InChI=1S/C11H8F6O/c1-6-2-3-7-5-18-9(8(7)4-6,10(12,13)14)11(15,16)17/h2-4H,5H2,1H3. The fourth-order valence-electron chi connectivity index (χ4n) is 2.04. The Bertz CT molecular complexity index is 459. The highest BCUT2D eigenvalue weighted by Crippen LogP contribution is 2.57. The van der Waals surface area contributed by atoms with Crippen LogP contribution in [0.3, 0.4) is 0 Å². The van der Waals surface area contributed by atoms with Gasteiger partial charge in [0.15, 0.2) is 0 Å². The van der Waals surface area contributed by atoms with E-state index in [0.29, 0.717) is 5.56 Å². The Morgan fingerprint density at radius 1 is 1.06 bits per heavy atom. The lowest BCUT2D eigenvalue weighted by atomic mass is 9.90. The van der Waals surface area contributed by atoms with E-state index in [4.69, 9.17) is 0 Å². The monoisotopic (exact) mass is 270 g/mol. The van der Waals surface area contributed by atoms with Crippen LogP contribution in [0.1, 0.15) is 16.7 Å². The highest BCUT2D eigenvalue weighted by molar-refractivity contribution is 5.41. The summed E-state index contributed by atoms with van der Waals surface area (Å²) in [5, 5.41) is 0. The van der Waals surface area contributed by atoms with Gasteiger partial charge in [0, 0.05) is 5.56 Å². The van der Waals surface area contributed by atoms with Gasteiger partial charge < -0.3 is 4.74 Å². The van der Waals surface area contributed by atoms with Gasteiger partial charge in [-0.2, -0.15) is 26.3 Å². The van der Waals surface area contributed by atoms with Gasteiger partial charge in [0.05, 0.1) is 6.61 Å². The van der Waals surface area contributed by atoms with E-state index in [9.17, 15) is 26.3 Å². The smallest absolute Gasteiger partial charge is 0.349 e. The third-order valence-corrected chi connectivity index (χ3v) is 2.89. The minimum absolute atomic E-state index is 0.0877. The number of hydrogen-bond donors (Lipinski definition) is 0. The summed E-state index contributed by atoms with van der Waals surface area (Å²) in [6.07, 6.45) is -11.1. The molecule has 1 aliphatic heterocycles. The van der Waals surface area contributed by atoms with Gasteiger partial charge in [0.2, 0.25) is 0 Å². The Morgan fingerprint density at radius 2 is 1.61 bits per heavy atom. The number of benzene rings is 1. The molecule has 100 valence electrons. The van der Waals surface area contributed by atoms with E-state index in [1.54, 1.807) is 0 Å². The average Bonchev–Trinajstić information content (AvgIpc) is 2.54. The molecule has 1 aromatic carbocycles. The fraction of sp³-hybridized carbons (Fsp3) is 0.455. The second kappa shape index (κ2) is 3.63. The maximum absolute atomic E-state index is 12.9. The van der Waals surface area contributed by atoms with Crippen molar-refractivity contribution in [1.82, 2.24) is 0 Å². The molecule has 0 atom stereocenters. The maximum Gasteiger partial charge on any atom is 0.430 e. The molecule has 0 saturated carbocycles. The van der Waals surface area contributed by atoms with Gasteiger partial charge in [-0.1, -0.05) is 23.8 Å². The molecule has 1 aliphatic rings. The van der Waals surface area contributed by atoms with E-state index in [-0.39, 0.29) is 5.56 Å². The molecule has 0 aromatic heterocycles. The van der Waals surface area contributed by atoms with Crippen molar-refractivity contribution in [3.8, 4) is 0 Å². The Balaban J connectivity index is 2.72. The largest absolute Gasteiger partial charge is 0.430 e. The van der Waals surface area contributed by atoms with Crippen LogP contribution in [0.4, 0.5) is 26.3 Å². The van der Waals surface area contributed by atoms with Crippen LogP contribution in [0.5, 0.6) is 0 Å². The van der Waals surface area contributed by atoms with Gasteiger partial charge >= 0.3 is 12.4 Å². The summed E-state index contributed by atoms with van der Waals surface area (Å²) in [5.41, 5.74) is -4.84. The summed E-state index contributed by atoms with van der Waals surface area (Å²) in [6, 6.07) is 3.55. The van der Waals surface area contributed by atoms with E-state index in [0.717, 1.165) is 6.07 Å². The predicted octanol–water partition coefficient (Wildman–Crippen LogP) is 3.85. The van der Waals surface area contributed by atoms with Crippen LogP contribution in [-0.2, 0) is 16.9 Å². The minimum atomic E-state index is -5.55. The van der Waals surface area contributed by atoms with E-state index in [1.165, 1.54) is 19.1 Å². The van der Waals surface area contributed by atoms with Gasteiger partial charge in [-0.25, -0.2) is 0 Å². The second-order valence-corrected chi connectivity index (χ2v) is 4.13. The summed E-state index contributed by atoms with van der Waals surface area (Å²) < 4.78 is 81.4. The Kier molecular flexibility index (Phi) is 2.66. The minimum Gasteiger partial charge on any atom is -0.349 e. The molecule has 1 heterocycles. The SMILES string of the molecule is Cc1ccc2c(c1)C(C(F)(F)F)(C(F)(F)F)OC2. The fourth-order valence-corrected chi connectivity index (χ4v) is 2.04. The van der Waals surface area contributed by atoms with Crippen molar-refractivity contribution in [3.05, 3.63) is 34.9 Å². The summed E-state index contributed by atoms with van der Waals surface area (Å²) in [4.78, 5) is 0. The van der Waals surface area contributed by atoms with Gasteiger partial charge in [-0.05, 0) is 12.5 Å².